The highest BCUT2D eigenvalue weighted by atomic mass is 35.5. The van der Waals surface area contributed by atoms with Crippen molar-refractivity contribution in [3.8, 4) is 5.69 Å². The summed E-state index contributed by atoms with van der Waals surface area (Å²) in [5, 5.41) is 3.82. The Morgan fingerprint density at radius 2 is 1.89 bits per heavy atom. The SMILES string of the molecule is O=c1[nH]n(-c2ccc(Cl)c(Cl)c2)c2c1CC=CC2. The maximum absolute atomic E-state index is 11.8. The molecule has 1 aromatic carbocycles. The molecule has 0 bridgehead atoms. The molecule has 92 valence electrons. The molecule has 0 aliphatic heterocycles. The van der Waals surface area contributed by atoms with E-state index in [0.717, 1.165) is 23.4 Å². The van der Waals surface area contributed by atoms with Crippen molar-refractivity contribution in [1.82, 2.24) is 9.78 Å². The van der Waals surface area contributed by atoms with Crippen molar-refractivity contribution in [2.45, 2.75) is 12.8 Å². The summed E-state index contributed by atoms with van der Waals surface area (Å²) in [6, 6.07) is 5.31. The maximum atomic E-state index is 11.8. The van der Waals surface area contributed by atoms with Crippen LogP contribution in [0.3, 0.4) is 0 Å². The smallest absolute Gasteiger partial charge is 0.268 e. The third-order valence-corrected chi connectivity index (χ3v) is 3.81. The van der Waals surface area contributed by atoms with Crippen LogP contribution in [0.15, 0.2) is 35.1 Å². The van der Waals surface area contributed by atoms with E-state index in [1.807, 2.05) is 12.1 Å². The summed E-state index contributed by atoms with van der Waals surface area (Å²) in [5.41, 5.74) is 2.59. The number of H-pyrrole nitrogens is 1. The Labute approximate surface area is 114 Å². The van der Waals surface area contributed by atoms with Gasteiger partial charge in [-0.15, -0.1) is 0 Å². The molecule has 1 N–H and O–H groups in total. The normalized spacial score (nSPS) is 13.7. The van der Waals surface area contributed by atoms with Crippen LogP contribution in [0.4, 0.5) is 0 Å². The lowest BCUT2D eigenvalue weighted by molar-refractivity contribution is 0.814. The highest BCUT2D eigenvalue weighted by molar-refractivity contribution is 6.42. The van der Waals surface area contributed by atoms with Gasteiger partial charge >= 0.3 is 0 Å². The van der Waals surface area contributed by atoms with Crippen LogP contribution in [-0.2, 0) is 12.8 Å². The Kier molecular flexibility index (Phi) is 2.80. The average Bonchev–Trinajstić information content (AvgIpc) is 2.71. The predicted octanol–water partition coefficient (Wildman–Crippen LogP) is 3.13. The summed E-state index contributed by atoms with van der Waals surface area (Å²) in [6.45, 7) is 0. The Morgan fingerprint density at radius 3 is 2.67 bits per heavy atom. The van der Waals surface area contributed by atoms with E-state index in [2.05, 4.69) is 11.2 Å². The van der Waals surface area contributed by atoms with Gasteiger partial charge in [-0.25, -0.2) is 0 Å². The van der Waals surface area contributed by atoms with Gasteiger partial charge in [0.2, 0.25) is 0 Å². The number of benzene rings is 1. The van der Waals surface area contributed by atoms with E-state index in [9.17, 15) is 4.79 Å². The van der Waals surface area contributed by atoms with Crippen LogP contribution in [-0.4, -0.2) is 9.78 Å². The molecule has 1 aliphatic rings. The van der Waals surface area contributed by atoms with Gasteiger partial charge < -0.3 is 0 Å². The van der Waals surface area contributed by atoms with E-state index < -0.39 is 0 Å². The summed E-state index contributed by atoms with van der Waals surface area (Å²) in [5.74, 6) is 0. The Morgan fingerprint density at radius 1 is 1.11 bits per heavy atom. The fraction of sp³-hybridized carbons (Fsp3) is 0.154. The summed E-state index contributed by atoms with van der Waals surface area (Å²) in [4.78, 5) is 11.8. The first kappa shape index (κ1) is 11.6. The number of nitrogens with one attached hydrogen (secondary N) is 1. The van der Waals surface area contributed by atoms with E-state index in [-0.39, 0.29) is 5.56 Å². The first-order valence-electron chi connectivity index (χ1n) is 5.60. The lowest BCUT2D eigenvalue weighted by Gasteiger charge is -2.11. The molecule has 1 aromatic heterocycles. The van der Waals surface area contributed by atoms with Crippen molar-refractivity contribution in [2.75, 3.05) is 0 Å². The van der Waals surface area contributed by atoms with Crippen molar-refractivity contribution in [3.05, 3.63) is 62.0 Å². The molecule has 0 atom stereocenters. The van der Waals surface area contributed by atoms with E-state index in [1.54, 1.807) is 16.8 Å². The van der Waals surface area contributed by atoms with Gasteiger partial charge in [-0.3, -0.25) is 14.6 Å². The van der Waals surface area contributed by atoms with Gasteiger partial charge in [0.05, 0.1) is 21.4 Å². The molecule has 3 rings (SSSR count). The van der Waals surface area contributed by atoms with Gasteiger partial charge in [-0.2, -0.15) is 0 Å². The quantitative estimate of drug-likeness (QED) is 0.801. The van der Waals surface area contributed by atoms with E-state index >= 15 is 0 Å². The molecule has 0 saturated carbocycles. The monoisotopic (exact) mass is 280 g/mol. The fourth-order valence-electron chi connectivity index (χ4n) is 2.17. The molecule has 5 heteroatoms. The van der Waals surface area contributed by atoms with Crippen LogP contribution < -0.4 is 5.56 Å². The summed E-state index contributed by atoms with van der Waals surface area (Å²) >= 11 is 11.9. The van der Waals surface area contributed by atoms with Crippen LogP contribution in [0.5, 0.6) is 0 Å². The van der Waals surface area contributed by atoms with E-state index in [1.165, 1.54) is 0 Å². The van der Waals surface area contributed by atoms with E-state index in [0.29, 0.717) is 16.5 Å². The molecule has 0 radical (unpaired) electrons. The number of hydrogen-bond donors (Lipinski definition) is 1. The van der Waals surface area contributed by atoms with Gasteiger partial charge in [0.15, 0.2) is 0 Å². The third kappa shape index (κ3) is 1.80. The van der Waals surface area contributed by atoms with Gasteiger partial charge in [0, 0.05) is 12.0 Å². The zero-order chi connectivity index (χ0) is 12.7. The highest BCUT2D eigenvalue weighted by Crippen LogP contribution is 2.25. The number of nitrogens with zero attached hydrogens (tertiary/aromatic N) is 1. The minimum Gasteiger partial charge on any atom is -0.268 e. The highest BCUT2D eigenvalue weighted by Gasteiger charge is 2.16. The molecular formula is C13H10Cl2N2O. The number of hydrogen-bond acceptors (Lipinski definition) is 1. The number of fused-ring (bicyclic) bond motifs is 1. The van der Waals surface area contributed by atoms with Crippen molar-refractivity contribution < 1.29 is 0 Å². The molecule has 2 aromatic rings. The second-order valence-corrected chi connectivity index (χ2v) is 4.99. The van der Waals surface area contributed by atoms with Crippen molar-refractivity contribution >= 4 is 23.2 Å². The third-order valence-electron chi connectivity index (χ3n) is 3.07. The second-order valence-electron chi connectivity index (χ2n) is 4.18. The molecule has 18 heavy (non-hydrogen) atoms. The molecule has 1 aliphatic carbocycles. The number of aromatic nitrogens is 2. The minimum absolute atomic E-state index is 0.0413. The second kappa shape index (κ2) is 4.34. The topological polar surface area (TPSA) is 37.8 Å². The summed E-state index contributed by atoms with van der Waals surface area (Å²) < 4.78 is 1.78. The molecule has 0 unspecified atom stereocenters. The predicted molar refractivity (Wildman–Crippen MR) is 73.0 cm³/mol. The Hall–Kier alpha value is -1.45. The standard InChI is InChI=1S/C13H10Cl2N2O/c14-10-6-5-8(7-11(10)15)17-12-4-2-1-3-9(12)13(18)16-17/h1-2,5-7H,3-4H2,(H,16,18). The zero-order valence-corrected chi connectivity index (χ0v) is 10.9. The number of halogens is 2. The number of rotatable bonds is 1. The summed E-state index contributed by atoms with van der Waals surface area (Å²) in [6.07, 6.45) is 5.49. The molecule has 0 spiro atoms. The number of allylic oxidation sites excluding steroid dienone is 2. The van der Waals surface area contributed by atoms with Crippen molar-refractivity contribution in [3.63, 3.8) is 0 Å². The van der Waals surface area contributed by atoms with Crippen LogP contribution >= 0.6 is 23.2 Å². The molecule has 1 heterocycles. The maximum Gasteiger partial charge on any atom is 0.268 e. The molecule has 3 nitrogen and oxygen atoms in total. The molecular weight excluding hydrogens is 271 g/mol. The Balaban J connectivity index is 2.18. The molecule has 0 saturated heterocycles. The fourth-order valence-corrected chi connectivity index (χ4v) is 2.46. The largest absolute Gasteiger partial charge is 0.268 e. The first-order chi connectivity index (χ1) is 8.66. The minimum atomic E-state index is -0.0413. The summed E-state index contributed by atoms with van der Waals surface area (Å²) in [7, 11) is 0. The van der Waals surface area contributed by atoms with Gasteiger partial charge in [-0.1, -0.05) is 35.4 Å². The number of aromatic amines is 1. The molecule has 0 fully saturated rings. The van der Waals surface area contributed by atoms with Crippen molar-refractivity contribution in [1.29, 1.82) is 0 Å². The van der Waals surface area contributed by atoms with Crippen LogP contribution in [0.1, 0.15) is 11.3 Å². The van der Waals surface area contributed by atoms with Gasteiger partial charge in [0.1, 0.15) is 0 Å². The van der Waals surface area contributed by atoms with Gasteiger partial charge in [0.25, 0.3) is 5.56 Å². The average molecular weight is 281 g/mol. The zero-order valence-electron chi connectivity index (χ0n) is 9.41. The van der Waals surface area contributed by atoms with Crippen LogP contribution in [0.2, 0.25) is 10.0 Å². The van der Waals surface area contributed by atoms with Crippen molar-refractivity contribution in [2.24, 2.45) is 0 Å². The van der Waals surface area contributed by atoms with E-state index in [4.69, 9.17) is 23.2 Å². The van der Waals surface area contributed by atoms with Crippen LogP contribution in [0.25, 0.3) is 5.69 Å². The first-order valence-corrected chi connectivity index (χ1v) is 6.35. The Bertz CT molecular complexity index is 698. The van der Waals surface area contributed by atoms with Crippen LogP contribution in [0, 0.1) is 0 Å². The van der Waals surface area contributed by atoms with Gasteiger partial charge in [-0.05, 0) is 24.6 Å². The lowest BCUT2D eigenvalue weighted by Crippen LogP contribution is -2.07. The lowest BCUT2D eigenvalue weighted by atomic mass is 10.0. The molecule has 0 amide bonds.